The van der Waals surface area contributed by atoms with Crippen LogP contribution < -0.4 is 0 Å². The van der Waals surface area contributed by atoms with Crippen LogP contribution in [-0.2, 0) is 28.1 Å². The van der Waals surface area contributed by atoms with Crippen LogP contribution >= 0.6 is 0 Å². The zero-order chi connectivity index (χ0) is 22.5. The first-order valence-electron chi connectivity index (χ1n) is 11.9. The van der Waals surface area contributed by atoms with Gasteiger partial charge in [-0.1, -0.05) is 101 Å². The van der Waals surface area contributed by atoms with E-state index in [-0.39, 0.29) is 5.78 Å². The Bertz CT molecular complexity index is 758. The molecule has 0 aliphatic rings. The molecule has 2 rings (SSSR count). The van der Waals surface area contributed by atoms with Crippen LogP contribution in [0.3, 0.4) is 0 Å². The van der Waals surface area contributed by atoms with Crippen molar-refractivity contribution in [3.8, 4) is 0 Å². The molecule has 0 heterocycles. The Hall–Kier alpha value is -1.97. The molecule has 0 unspecified atom stereocenters. The normalized spacial score (nSPS) is 11.6. The number of unbranched alkanes of at least 4 members (excludes halogenated alkanes) is 6. The topological polar surface area (TPSA) is 35.5 Å². The van der Waals surface area contributed by atoms with Crippen molar-refractivity contribution in [3.05, 3.63) is 70.8 Å². The molecule has 0 saturated carbocycles. The SMILES string of the molecule is CCCCCCc1ccc(C(=O)C(OC)(OC)c2ccc(CCCCCC)cc2)cc1. The quantitative estimate of drug-likeness (QED) is 0.171. The summed E-state index contributed by atoms with van der Waals surface area (Å²) in [5.74, 6) is -1.60. The van der Waals surface area contributed by atoms with Crippen molar-refractivity contribution in [3.63, 3.8) is 0 Å². The van der Waals surface area contributed by atoms with Crippen molar-refractivity contribution in [1.29, 1.82) is 0 Å². The monoisotopic (exact) mass is 424 g/mol. The van der Waals surface area contributed by atoms with Crippen LogP contribution in [-0.4, -0.2) is 20.0 Å². The summed E-state index contributed by atoms with van der Waals surface area (Å²) >= 11 is 0. The molecule has 0 amide bonds. The highest BCUT2D eigenvalue weighted by Crippen LogP contribution is 2.31. The lowest BCUT2D eigenvalue weighted by Gasteiger charge is -2.30. The molecule has 0 fully saturated rings. The van der Waals surface area contributed by atoms with E-state index in [0.717, 1.165) is 18.4 Å². The predicted octanol–water partition coefficient (Wildman–Crippen LogP) is 7.26. The van der Waals surface area contributed by atoms with E-state index < -0.39 is 5.79 Å². The fourth-order valence-corrected chi connectivity index (χ4v) is 4.05. The van der Waals surface area contributed by atoms with E-state index in [2.05, 4.69) is 38.1 Å². The summed E-state index contributed by atoms with van der Waals surface area (Å²) in [4.78, 5) is 13.4. The zero-order valence-corrected chi connectivity index (χ0v) is 19.9. The minimum Gasteiger partial charge on any atom is -0.343 e. The third kappa shape index (κ3) is 7.02. The van der Waals surface area contributed by atoms with Crippen molar-refractivity contribution < 1.29 is 14.3 Å². The van der Waals surface area contributed by atoms with Gasteiger partial charge in [0, 0.05) is 25.3 Å². The number of benzene rings is 2. The Balaban J connectivity index is 2.11. The lowest BCUT2D eigenvalue weighted by Crippen LogP contribution is -2.40. The maximum Gasteiger partial charge on any atom is 0.260 e. The van der Waals surface area contributed by atoms with Crippen LogP contribution in [0.25, 0.3) is 0 Å². The Morgan fingerprint density at radius 3 is 1.55 bits per heavy atom. The van der Waals surface area contributed by atoms with E-state index in [4.69, 9.17) is 9.47 Å². The standard InChI is InChI=1S/C28H40O3/c1-5-7-9-11-13-23-15-19-25(20-16-23)27(29)28(30-3,31-4)26-21-17-24(18-22-26)14-12-10-8-6-2/h15-22H,5-14H2,1-4H3. The number of Topliss-reactive ketones (excluding diaryl/α,β-unsaturated/α-hetero) is 1. The molecule has 0 saturated heterocycles. The molecule has 3 nitrogen and oxygen atoms in total. The molecule has 3 heteroatoms. The number of ketones is 1. The van der Waals surface area contributed by atoms with E-state index in [9.17, 15) is 4.79 Å². The molecule has 0 radical (unpaired) electrons. The van der Waals surface area contributed by atoms with Gasteiger partial charge in [-0.15, -0.1) is 0 Å². The van der Waals surface area contributed by atoms with Gasteiger partial charge < -0.3 is 9.47 Å². The lowest BCUT2D eigenvalue weighted by atomic mass is 9.93. The Labute approximate surface area is 189 Å². The number of carbonyl (C=O) groups is 1. The van der Waals surface area contributed by atoms with Crippen LogP contribution in [0.2, 0.25) is 0 Å². The minimum atomic E-state index is -1.43. The molecule has 0 aliphatic carbocycles. The third-order valence-corrected chi connectivity index (χ3v) is 6.06. The van der Waals surface area contributed by atoms with Gasteiger partial charge in [0.25, 0.3) is 5.79 Å². The van der Waals surface area contributed by atoms with Gasteiger partial charge in [0.2, 0.25) is 5.78 Å². The number of hydrogen-bond acceptors (Lipinski definition) is 3. The number of carbonyl (C=O) groups excluding carboxylic acids is 1. The van der Waals surface area contributed by atoms with Gasteiger partial charge in [-0.3, -0.25) is 4.79 Å². The second-order valence-electron chi connectivity index (χ2n) is 8.37. The largest absolute Gasteiger partial charge is 0.343 e. The summed E-state index contributed by atoms with van der Waals surface area (Å²) in [5, 5.41) is 0. The highest BCUT2D eigenvalue weighted by atomic mass is 16.7. The van der Waals surface area contributed by atoms with Crippen LogP contribution in [0.5, 0.6) is 0 Å². The molecule has 0 bridgehead atoms. The average Bonchev–Trinajstić information content (AvgIpc) is 2.82. The number of ether oxygens (including phenoxy) is 2. The van der Waals surface area contributed by atoms with E-state index >= 15 is 0 Å². The molecule has 0 atom stereocenters. The number of hydrogen-bond donors (Lipinski definition) is 0. The highest BCUT2D eigenvalue weighted by Gasteiger charge is 2.41. The predicted molar refractivity (Wildman–Crippen MR) is 129 cm³/mol. The number of aryl methyl sites for hydroxylation is 2. The molecule has 31 heavy (non-hydrogen) atoms. The van der Waals surface area contributed by atoms with E-state index in [0.29, 0.717) is 5.56 Å². The van der Waals surface area contributed by atoms with Gasteiger partial charge in [-0.05, 0) is 36.8 Å². The summed E-state index contributed by atoms with van der Waals surface area (Å²) in [6.07, 6.45) is 12.0. The molecule has 0 aliphatic heterocycles. The van der Waals surface area contributed by atoms with Crippen molar-refractivity contribution in [2.75, 3.05) is 14.2 Å². The fraction of sp³-hybridized carbons (Fsp3) is 0.536. The van der Waals surface area contributed by atoms with Gasteiger partial charge in [0.1, 0.15) is 0 Å². The smallest absolute Gasteiger partial charge is 0.260 e. The Morgan fingerprint density at radius 2 is 1.13 bits per heavy atom. The van der Waals surface area contributed by atoms with E-state index in [1.54, 1.807) is 0 Å². The molecule has 2 aromatic carbocycles. The second kappa shape index (κ2) is 13.4. The van der Waals surface area contributed by atoms with E-state index in [1.165, 1.54) is 76.7 Å². The third-order valence-electron chi connectivity index (χ3n) is 6.06. The van der Waals surface area contributed by atoms with Crippen LogP contribution in [0.4, 0.5) is 0 Å². The molecule has 170 valence electrons. The van der Waals surface area contributed by atoms with Crippen molar-refractivity contribution in [2.45, 2.75) is 83.8 Å². The van der Waals surface area contributed by atoms with E-state index in [1.807, 2.05) is 24.3 Å². The van der Waals surface area contributed by atoms with Gasteiger partial charge >= 0.3 is 0 Å². The molecule has 2 aromatic rings. The van der Waals surface area contributed by atoms with Crippen molar-refractivity contribution in [1.82, 2.24) is 0 Å². The first-order valence-corrected chi connectivity index (χ1v) is 11.9. The van der Waals surface area contributed by atoms with Gasteiger partial charge in [-0.25, -0.2) is 0 Å². The van der Waals surface area contributed by atoms with Crippen LogP contribution in [0.1, 0.15) is 92.3 Å². The summed E-state index contributed by atoms with van der Waals surface area (Å²) in [6.45, 7) is 4.45. The first kappa shape index (κ1) is 25.3. The molecule has 0 spiro atoms. The van der Waals surface area contributed by atoms with Crippen molar-refractivity contribution in [2.24, 2.45) is 0 Å². The van der Waals surface area contributed by atoms with Gasteiger partial charge in [0.05, 0.1) is 0 Å². The molecule has 0 N–H and O–H groups in total. The Morgan fingerprint density at radius 1 is 0.677 bits per heavy atom. The number of rotatable bonds is 15. The zero-order valence-electron chi connectivity index (χ0n) is 19.9. The lowest BCUT2D eigenvalue weighted by molar-refractivity contribution is -0.176. The summed E-state index contributed by atoms with van der Waals surface area (Å²) in [7, 11) is 3.06. The first-order chi connectivity index (χ1) is 15.1. The van der Waals surface area contributed by atoms with Gasteiger partial charge in [-0.2, -0.15) is 0 Å². The number of methoxy groups -OCH3 is 2. The summed E-state index contributed by atoms with van der Waals surface area (Å²) in [6, 6.07) is 16.0. The van der Waals surface area contributed by atoms with Crippen LogP contribution in [0.15, 0.2) is 48.5 Å². The Kier molecular flexibility index (Phi) is 11.0. The average molecular weight is 425 g/mol. The molecular weight excluding hydrogens is 384 g/mol. The van der Waals surface area contributed by atoms with Gasteiger partial charge in [0.15, 0.2) is 0 Å². The minimum absolute atomic E-state index is 0.175. The van der Waals surface area contributed by atoms with Crippen molar-refractivity contribution >= 4 is 5.78 Å². The fourth-order valence-electron chi connectivity index (χ4n) is 4.05. The molecular formula is C28H40O3. The molecule has 0 aromatic heterocycles. The summed E-state index contributed by atoms with van der Waals surface area (Å²) in [5.41, 5.74) is 3.87. The highest BCUT2D eigenvalue weighted by molar-refractivity contribution is 6.02. The second-order valence-corrected chi connectivity index (χ2v) is 8.37. The maximum atomic E-state index is 13.4. The maximum absolute atomic E-state index is 13.4. The van der Waals surface area contributed by atoms with Crippen LogP contribution in [0, 0.1) is 0 Å². The summed E-state index contributed by atoms with van der Waals surface area (Å²) < 4.78 is 11.4.